The molecule has 1 fully saturated rings. The van der Waals surface area contributed by atoms with Gasteiger partial charge in [0.2, 0.25) is 5.91 Å². The molecule has 0 bridgehead atoms. The maximum absolute atomic E-state index is 13.7. The van der Waals surface area contributed by atoms with E-state index in [1.807, 2.05) is 18.2 Å². The number of nitrogens with two attached hydrogens (primary N) is 1. The lowest BCUT2D eigenvalue weighted by molar-refractivity contribution is -0.123. The summed E-state index contributed by atoms with van der Waals surface area (Å²) in [5.74, 6) is -0.730. The summed E-state index contributed by atoms with van der Waals surface area (Å²) in [7, 11) is 0. The van der Waals surface area contributed by atoms with Crippen molar-refractivity contribution in [3.63, 3.8) is 0 Å². The largest absolute Gasteiger partial charge is 0.369 e. The number of hydrogen-bond acceptors (Lipinski definition) is 3. The van der Waals surface area contributed by atoms with Gasteiger partial charge in [-0.1, -0.05) is 24.3 Å². The minimum absolute atomic E-state index is 0.0939. The van der Waals surface area contributed by atoms with Crippen LogP contribution in [0.2, 0.25) is 0 Å². The molecule has 0 saturated carbocycles. The minimum Gasteiger partial charge on any atom is -0.369 e. The van der Waals surface area contributed by atoms with E-state index < -0.39 is 0 Å². The Morgan fingerprint density at radius 3 is 2.57 bits per heavy atom. The molecule has 1 saturated heterocycles. The van der Waals surface area contributed by atoms with E-state index in [4.69, 9.17) is 5.73 Å². The van der Waals surface area contributed by atoms with Crippen molar-refractivity contribution in [2.24, 2.45) is 11.7 Å². The third kappa shape index (κ3) is 4.95. The summed E-state index contributed by atoms with van der Waals surface area (Å²) in [6.45, 7) is 4.50. The number of hydrogen-bond donors (Lipinski definition) is 2. The number of benzene rings is 2. The summed E-state index contributed by atoms with van der Waals surface area (Å²) >= 11 is 0. The molecule has 148 valence electrons. The second-order valence-electron chi connectivity index (χ2n) is 7.34. The van der Waals surface area contributed by atoms with Crippen LogP contribution in [-0.4, -0.2) is 42.9 Å². The molecule has 28 heavy (non-hydrogen) atoms. The number of likely N-dealkylation sites (tertiary alicyclic amines) is 1. The van der Waals surface area contributed by atoms with Gasteiger partial charge in [-0.25, -0.2) is 4.39 Å². The first-order valence-corrected chi connectivity index (χ1v) is 9.60. The monoisotopic (exact) mass is 383 g/mol. The summed E-state index contributed by atoms with van der Waals surface area (Å²) < 4.78 is 13.7. The number of amides is 2. The average molecular weight is 383 g/mol. The van der Waals surface area contributed by atoms with Gasteiger partial charge in [0.15, 0.2) is 0 Å². The predicted octanol–water partition coefficient (Wildman–Crippen LogP) is 2.73. The highest BCUT2D eigenvalue weighted by Crippen LogP contribution is 2.22. The molecule has 2 aromatic carbocycles. The van der Waals surface area contributed by atoms with Crippen molar-refractivity contribution >= 4 is 11.8 Å². The zero-order chi connectivity index (χ0) is 20.1. The van der Waals surface area contributed by atoms with E-state index in [0.29, 0.717) is 30.8 Å². The molecule has 0 unspecified atom stereocenters. The van der Waals surface area contributed by atoms with Crippen molar-refractivity contribution < 1.29 is 14.0 Å². The van der Waals surface area contributed by atoms with Crippen LogP contribution in [0.3, 0.4) is 0 Å². The molecule has 3 N–H and O–H groups in total. The number of nitrogens with one attached hydrogen (secondary N) is 1. The summed E-state index contributed by atoms with van der Waals surface area (Å²) in [5.41, 5.74) is 8.21. The van der Waals surface area contributed by atoms with Crippen LogP contribution in [0.25, 0.3) is 11.1 Å². The van der Waals surface area contributed by atoms with Crippen LogP contribution < -0.4 is 11.1 Å². The predicted molar refractivity (Wildman–Crippen MR) is 107 cm³/mol. The van der Waals surface area contributed by atoms with Crippen LogP contribution >= 0.6 is 0 Å². The second kappa shape index (κ2) is 8.97. The van der Waals surface area contributed by atoms with Crippen molar-refractivity contribution in [2.75, 3.05) is 26.2 Å². The fourth-order valence-electron chi connectivity index (χ4n) is 3.51. The summed E-state index contributed by atoms with van der Waals surface area (Å²) in [4.78, 5) is 25.8. The van der Waals surface area contributed by atoms with E-state index >= 15 is 0 Å². The number of primary amides is 1. The first-order valence-electron chi connectivity index (χ1n) is 9.60. The molecule has 1 heterocycles. The number of nitrogens with zero attached hydrogens (tertiary/aromatic N) is 1. The number of piperidine rings is 1. The van der Waals surface area contributed by atoms with E-state index in [0.717, 1.165) is 30.5 Å². The van der Waals surface area contributed by atoms with E-state index in [1.165, 1.54) is 6.07 Å². The molecule has 1 aliphatic heterocycles. The molecule has 0 aromatic heterocycles. The minimum atomic E-state index is -0.248. The lowest BCUT2D eigenvalue weighted by Crippen LogP contribution is -2.44. The normalized spacial score (nSPS) is 17.3. The molecule has 1 aliphatic rings. The fourth-order valence-corrected chi connectivity index (χ4v) is 3.51. The Labute approximate surface area is 164 Å². The van der Waals surface area contributed by atoms with Crippen molar-refractivity contribution in [1.82, 2.24) is 10.2 Å². The Balaban J connectivity index is 1.52. The zero-order valence-electron chi connectivity index (χ0n) is 16.1. The number of rotatable bonds is 6. The van der Waals surface area contributed by atoms with Gasteiger partial charge in [0.05, 0.1) is 5.92 Å². The van der Waals surface area contributed by atoms with Crippen molar-refractivity contribution in [3.8, 4) is 11.1 Å². The molecule has 2 aromatic rings. The van der Waals surface area contributed by atoms with Crippen molar-refractivity contribution in [1.29, 1.82) is 0 Å². The van der Waals surface area contributed by atoms with Gasteiger partial charge in [-0.15, -0.1) is 0 Å². The summed E-state index contributed by atoms with van der Waals surface area (Å²) in [5, 5.41) is 2.91. The molecule has 1 atom stereocenters. The Morgan fingerprint density at radius 2 is 1.89 bits per heavy atom. The van der Waals surface area contributed by atoms with Crippen LogP contribution in [0, 0.1) is 18.7 Å². The Morgan fingerprint density at radius 1 is 1.18 bits per heavy atom. The number of halogens is 1. The smallest absolute Gasteiger partial charge is 0.251 e. The van der Waals surface area contributed by atoms with Crippen molar-refractivity contribution in [2.45, 2.75) is 19.8 Å². The molecule has 0 spiro atoms. The van der Waals surface area contributed by atoms with E-state index in [9.17, 15) is 14.0 Å². The first kappa shape index (κ1) is 20.0. The quantitative estimate of drug-likeness (QED) is 0.805. The van der Waals surface area contributed by atoms with Crippen LogP contribution in [0.1, 0.15) is 28.8 Å². The van der Waals surface area contributed by atoms with E-state index in [2.05, 4.69) is 10.2 Å². The Bertz CT molecular complexity index is 851. The maximum atomic E-state index is 13.7. The highest BCUT2D eigenvalue weighted by molar-refractivity contribution is 5.94. The average Bonchev–Trinajstić information content (AvgIpc) is 2.70. The van der Waals surface area contributed by atoms with Crippen LogP contribution in [0.4, 0.5) is 4.39 Å². The number of carbonyl (C=O) groups excluding carboxylic acids is 2. The molecule has 5 nitrogen and oxygen atoms in total. The molecule has 6 heteroatoms. The number of aryl methyl sites for hydroxylation is 1. The lowest BCUT2D eigenvalue weighted by Gasteiger charge is -2.31. The zero-order valence-corrected chi connectivity index (χ0v) is 16.1. The second-order valence-corrected chi connectivity index (χ2v) is 7.34. The van der Waals surface area contributed by atoms with Gasteiger partial charge in [0, 0.05) is 25.2 Å². The van der Waals surface area contributed by atoms with Gasteiger partial charge in [0.25, 0.3) is 5.91 Å². The topological polar surface area (TPSA) is 75.4 Å². The van der Waals surface area contributed by atoms with Crippen LogP contribution in [0.15, 0.2) is 42.5 Å². The molecule has 3 rings (SSSR count). The van der Waals surface area contributed by atoms with Gasteiger partial charge >= 0.3 is 0 Å². The molecule has 0 radical (unpaired) electrons. The van der Waals surface area contributed by atoms with E-state index in [-0.39, 0.29) is 23.5 Å². The SMILES string of the molecule is Cc1ccc(-c2ccc(C(=O)NCCN3CCC[C@H](C(N)=O)C3)cc2)cc1F. The fraction of sp³-hybridized carbons (Fsp3) is 0.364. The third-order valence-corrected chi connectivity index (χ3v) is 5.27. The van der Waals surface area contributed by atoms with Crippen LogP contribution in [-0.2, 0) is 4.79 Å². The lowest BCUT2D eigenvalue weighted by atomic mass is 9.97. The Kier molecular flexibility index (Phi) is 6.41. The molecule has 0 aliphatic carbocycles. The molecule has 2 amide bonds. The summed E-state index contributed by atoms with van der Waals surface area (Å²) in [6.07, 6.45) is 1.79. The van der Waals surface area contributed by atoms with Crippen molar-refractivity contribution in [3.05, 3.63) is 59.4 Å². The highest BCUT2D eigenvalue weighted by atomic mass is 19.1. The standard InChI is InChI=1S/C22H26FN3O2/c1-15-4-5-18(13-20(15)23)16-6-8-17(9-7-16)22(28)25-10-12-26-11-2-3-19(14-26)21(24)27/h4-9,13,19H,2-3,10-12,14H2,1H3,(H2,24,27)(H,25,28)/t19-/m0/s1. The third-order valence-electron chi connectivity index (χ3n) is 5.27. The van der Waals surface area contributed by atoms with Gasteiger partial charge in [-0.3, -0.25) is 9.59 Å². The van der Waals surface area contributed by atoms with Gasteiger partial charge in [-0.2, -0.15) is 0 Å². The van der Waals surface area contributed by atoms with Gasteiger partial charge in [-0.05, 0) is 61.2 Å². The highest BCUT2D eigenvalue weighted by Gasteiger charge is 2.23. The van der Waals surface area contributed by atoms with Crippen LogP contribution in [0.5, 0.6) is 0 Å². The first-order chi connectivity index (χ1) is 13.4. The molecular weight excluding hydrogens is 357 g/mol. The van der Waals surface area contributed by atoms with Gasteiger partial charge in [0.1, 0.15) is 5.82 Å². The Hall–Kier alpha value is -2.73. The van der Waals surface area contributed by atoms with Gasteiger partial charge < -0.3 is 16.0 Å². The number of carbonyl (C=O) groups is 2. The van der Waals surface area contributed by atoms with E-state index in [1.54, 1.807) is 25.1 Å². The maximum Gasteiger partial charge on any atom is 0.251 e. The summed E-state index contributed by atoms with van der Waals surface area (Å²) in [6, 6.07) is 12.2. The molecular formula is C22H26FN3O2.